The van der Waals surface area contributed by atoms with Crippen molar-refractivity contribution in [1.82, 2.24) is 0 Å². The molecule has 4 rings (SSSR count). The predicted molar refractivity (Wildman–Crippen MR) is 106 cm³/mol. The summed E-state index contributed by atoms with van der Waals surface area (Å²) in [6, 6.07) is 0. The Labute approximate surface area is 167 Å². The van der Waals surface area contributed by atoms with Crippen molar-refractivity contribution >= 4 is 17.6 Å². The molecule has 0 aromatic rings. The van der Waals surface area contributed by atoms with Crippen molar-refractivity contribution in [2.75, 3.05) is 0 Å². The lowest BCUT2D eigenvalue weighted by Crippen LogP contribution is -2.53. The first-order chi connectivity index (χ1) is 12.9. The average Bonchev–Trinajstić information content (AvgIpc) is 2.94. The van der Waals surface area contributed by atoms with Gasteiger partial charge in [-0.2, -0.15) is 0 Å². The Hall–Kier alpha value is -0.980. The van der Waals surface area contributed by atoms with Crippen LogP contribution in [-0.4, -0.2) is 22.8 Å². The molecule has 3 nitrogen and oxygen atoms in total. The van der Waals surface area contributed by atoms with E-state index in [4.69, 9.17) is 16.3 Å². The molecular formula is C23H31ClO3. The number of hydrogen-bond acceptors (Lipinski definition) is 3. The van der Waals surface area contributed by atoms with Gasteiger partial charge in [0.1, 0.15) is 11.7 Å². The summed E-state index contributed by atoms with van der Waals surface area (Å²) in [5, 5.41) is 13.9. The molecule has 0 radical (unpaired) electrons. The summed E-state index contributed by atoms with van der Waals surface area (Å²) in [6.07, 6.45) is 11.6. The standard InChI is InChI=1S/C23H31ClO3/c1-3-22-10-8-19-18-7-5-17(27-15(2)25)14-16(18)4-6-20(19)21(22)9-11-23(22,26)12-13-24/h14,17-21,26H,3-11H2,1-2H3/t17-,18-,19+,20+,21-,22-,23+/m0/s1. The summed E-state index contributed by atoms with van der Waals surface area (Å²) in [5.41, 5.74) is 0.514. The molecule has 148 valence electrons. The van der Waals surface area contributed by atoms with Gasteiger partial charge in [-0.1, -0.05) is 18.4 Å². The van der Waals surface area contributed by atoms with Gasteiger partial charge in [-0.3, -0.25) is 4.79 Å². The Bertz CT molecular complexity index is 704. The van der Waals surface area contributed by atoms with Crippen LogP contribution in [-0.2, 0) is 9.53 Å². The maximum absolute atomic E-state index is 11.4. The van der Waals surface area contributed by atoms with Crippen LogP contribution in [0.2, 0.25) is 0 Å². The van der Waals surface area contributed by atoms with E-state index in [1.54, 1.807) is 0 Å². The molecule has 27 heavy (non-hydrogen) atoms. The van der Waals surface area contributed by atoms with Gasteiger partial charge in [0.2, 0.25) is 0 Å². The molecule has 4 aliphatic rings. The first kappa shape index (κ1) is 19.3. The fourth-order valence-electron chi connectivity index (χ4n) is 7.43. The number of esters is 1. The number of fused-ring (bicyclic) bond motifs is 5. The van der Waals surface area contributed by atoms with Crippen LogP contribution in [0.25, 0.3) is 0 Å². The number of hydrogen-bond donors (Lipinski definition) is 1. The van der Waals surface area contributed by atoms with Gasteiger partial charge >= 0.3 is 5.97 Å². The number of carbonyl (C=O) groups excluding carboxylic acids is 1. The molecule has 0 aliphatic heterocycles. The van der Waals surface area contributed by atoms with Gasteiger partial charge in [0, 0.05) is 17.7 Å². The molecular weight excluding hydrogens is 360 g/mol. The van der Waals surface area contributed by atoms with Crippen LogP contribution in [0.15, 0.2) is 11.6 Å². The van der Waals surface area contributed by atoms with E-state index in [2.05, 4.69) is 24.3 Å². The molecule has 4 aliphatic carbocycles. The Balaban J connectivity index is 1.58. The minimum atomic E-state index is -0.914. The van der Waals surface area contributed by atoms with Crippen molar-refractivity contribution in [3.63, 3.8) is 0 Å². The van der Waals surface area contributed by atoms with Crippen LogP contribution in [0, 0.1) is 40.4 Å². The molecule has 7 atom stereocenters. The monoisotopic (exact) mass is 390 g/mol. The molecule has 1 N–H and O–H groups in total. The van der Waals surface area contributed by atoms with E-state index in [0.717, 1.165) is 44.9 Å². The summed E-state index contributed by atoms with van der Waals surface area (Å²) in [5.74, 6) is 5.39. The molecule has 0 heterocycles. The quantitative estimate of drug-likeness (QED) is 0.418. The molecule has 0 aromatic carbocycles. The average molecular weight is 391 g/mol. The summed E-state index contributed by atoms with van der Waals surface area (Å²) < 4.78 is 5.46. The zero-order valence-electron chi connectivity index (χ0n) is 16.5. The van der Waals surface area contributed by atoms with Crippen molar-refractivity contribution in [2.45, 2.75) is 83.3 Å². The Morgan fingerprint density at radius 1 is 1.26 bits per heavy atom. The first-order valence-corrected chi connectivity index (χ1v) is 11.0. The lowest BCUT2D eigenvalue weighted by atomic mass is 9.49. The minimum Gasteiger partial charge on any atom is -0.458 e. The van der Waals surface area contributed by atoms with Crippen molar-refractivity contribution in [2.24, 2.45) is 29.1 Å². The van der Waals surface area contributed by atoms with Crippen molar-refractivity contribution in [3.05, 3.63) is 11.6 Å². The maximum Gasteiger partial charge on any atom is 0.303 e. The molecule has 3 saturated carbocycles. The number of allylic oxidation sites excluding steroid dienone is 1. The second-order valence-electron chi connectivity index (χ2n) is 9.21. The molecule has 4 heteroatoms. The lowest BCUT2D eigenvalue weighted by molar-refractivity contribution is -0.145. The minimum absolute atomic E-state index is 0.0285. The molecule has 0 unspecified atom stereocenters. The van der Waals surface area contributed by atoms with Gasteiger partial charge < -0.3 is 9.84 Å². The van der Waals surface area contributed by atoms with Crippen molar-refractivity contribution < 1.29 is 14.6 Å². The topological polar surface area (TPSA) is 46.5 Å². The highest BCUT2D eigenvalue weighted by molar-refractivity contribution is 6.30. The summed E-state index contributed by atoms with van der Waals surface area (Å²) in [4.78, 5) is 11.3. The number of aliphatic hydroxyl groups is 1. The number of rotatable bonds is 2. The normalized spacial score (nSPS) is 45.5. The van der Waals surface area contributed by atoms with E-state index in [1.807, 2.05) is 0 Å². The molecule has 3 fully saturated rings. The van der Waals surface area contributed by atoms with E-state index < -0.39 is 5.60 Å². The number of ether oxygens (including phenoxy) is 1. The Morgan fingerprint density at radius 2 is 2.07 bits per heavy atom. The van der Waals surface area contributed by atoms with Crippen LogP contribution >= 0.6 is 11.6 Å². The van der Waals surface area contributed by atoms with Crippen LogP contribution in [0.1, 0.15) is 71.6 Å². The van der Waals surface area contributed by atoms with Crippen LogP contribution in [0.5, 0.6) is 0 Å². The van der Waals surface area contributed by atoms with Gasteiger partial charge in [0.25, 0.3) is 0 Å². The predicted octanol–water partition coefficient (Wildman–Crippen LogP) is 4.81. The van der Waals surface area contributed by atoms with Crippen LogP contribution in [0.4, 0.5) is 0 Å². The van der Waals surface area contributed by atoms with Gasteiger partial charge in [-0.15, -0.1) is 0 Å². The Morgan fingerprint density at radius 3 is 2.78 bits per heavy atom. The zero-order valence-corrected chi connectivity index (χ0v) is 17.2. The second-order valence-corrected chi connectivity index (χ2v) is 9.40. The molecule has 0 amide bonds. The zero-order chi connectivity index (χ0) is 19.2. The van der Waals surface area contributed by atoms with Gasteiger partial charge in [-0.25, -0.2) is 0 Å². The highest BCUT2D eigenvalue weighted by atomic mass is 35.5. The Kier molecular flexibility index (Phi) is 5.10. The van der Waals surface area contributed by atoms with E-state index >= 15 is 0 Å². The summed E-state index contributed by atoms with van der Waals surface area (Å²) in [6.45, 7) is 3.72. The maximum atomic E-state index is 11.4. The summed E-state index contributed by atoms with van der Waals surface area (Å²) in [7, 11) is 0. The summed E-state index contributed by atoms with van der Waals surface area (Å²) >= 11 is 5.74. The van der Waals surface area contributed by atoms with Gasteiger partial charge in [-0.05, 0) is 99.1 Å². The SMILES string of the molecule is CC[C@]12CC[C@H]3[C@@H](CCC4=C[C@@H](OC(C)=O)CC[C@@H]43)[C@@H]1CC[C@@]2(O)C#CCl. The second kappa shape index (κ2) is 7.12. The third-order valence-electron chi connectivity index (χ3n) is 8.47. The van der Waals surface area contributed by atoms with E-state index in [-0.39, 0.29) is 17.5 Å². The fourth-order valence-corrected chi connectivity index (χ4v) is 7.59. The molecule has 0 bridgehead atoms. The number of carbonyl (C=O) groups is 1. The first-order valence-electron chi connectivity index (χ1n) is 10.7. The van der Waals surface area contributed by atoms with Gasteiger partial charge in [0.15, 0.2) is 0 Å². The molecule has 0 aromatic heterocycles. The smallest absolute Gasteiger partial charge is 0.303 e. The third-order valence-corrected chi connectivity index (χ3v) is 8.56. The van der Waals surface area contributed by atoms with Crippen molar-refractivity contribution in [1.29, 1.82) is 0 Å². The van der Waals surface area contributed by atoms with E-state index in [9.17, 15) is 9.90 Å². The van der Waals surface area contributed by atoms with E-state index in [0.29, 0.717) is 23.7 Å². The largest absolute Gasteiger partial charge is 0.458 e. The van der Waals surface area contributed by atoms with Gasteiger partial charge in [0.05, 0.1) is 0 Å². The van der Waals surface area contributed by atoms with Crippen LogP contribution in [0.3, 0.4) is 0 Å². The van der Waals surface area contributed by atoms with E-state index in [1.165, 1.54) is 25.3 Å². The molecule has 0 spiro atoms. The third kappa shape index (κ3) is 2.95. The highest BCUT2D eigenvalue weighted by Crippen LogP contribution is 2.66. The number of halogens is 1. The molecule has 0 saturated heterocycles. The fraction of sp³-hybridized carbons (Fsp3) is 0.783. The van der Waals surface area contributed by atoms with Crippen molar-refractivity contribution in [3.8, 4) is 11.3 Å². The van der Waals surface area contributed by atoms with Crippen LogP contribution < -0.4 is 0 Å². The lowest BCUT2D eigenvalue weighted by Gasteiger charge is -2.56. The highest BCUT2D eigenvalue weighted by Gasteiger charge is 2.63.